The van der Waals surface area contributed by atoms with E-state index in [0.29, 0.717) is 18.9 Å². The molecule has 0 spiro atoms. The average Bonchev–Trinajstić information content (AvgIpc) is 2.72. The lowest BCUT2D eigenvalue weighted by atomic mass is 9.82. The minimum atomic E-state index is -0.272. The van der Waals surface area contributed by atoms with Gasteiger partial charge >= 0.3 is 0 Å². The summed E-state index contributed by atoms with van der Waals surface area (Å²) in [5.41, 5.74) is 2.38. The molecule has 0 N–H and O–H groups in total. The molecule has 27 heavy (non-hydrogen) atoms. The molecular formula is C24H24O3. The average molecular weight is 360 g/mol. The molecule has 3 nitrogen and oxygen atoms in total. The van der Waals surface area contributed by atoms with E-state index in [9.17, 15) is 4.79 Å². The van der Waals surface area contributed by atoms with Crippen LogP contribution in [0.5, 0.6) is 5.75 Å². The number of carbonyl (C=O) groups excluding carboxylic acids is 1. The van der Waals surface area contributed by atoms with Crippen LogP contribution in [0.4, 0.5) is 0 Å². The summed E-state index contributed by atoms with van der Waals surface area (Å²) in [7, 11) is 1.62. The van der Waals surface area contributed by atoms with E-state index in [0.717, 1.165) is 24.2 Å². The van der Waals surface area contributed by atoms with Crippen molar-refractivity contribution in [2.45, 2.75) is 37.9 Å². The van der Waals surface area contributed by atoms with E-state index < -0.39 is 0 Å². The van der Waals surface area contributed by atoms with Crippen LogP contribution in [0.25, 0.3) is 10.8 Å². The summed E-state index contributed by atoms with van der Waals surface area (Å²) in [5, 5.41) is 2.47. The highest BCUT2D eigenvalue weighted by Crippen LogP contribution is 2.34. The van der Waals surface area contributed by atoms with E-state index in [2.05, 4.69) is 54.6 Å². The number of ketones is 1. The number of Topliss-reactive ketones (excluding diaryl/α,β-unsaturated/α-hetero) is 1. The third-order valence-corrected chi connectivity index (χ3v) is 5.43. The molecule has 2 unspecified atom stereocenters. The second-order valence-corrected chi connectivity index (χ2v) is 7.20. The van der Waals surface area contributed by atoms with Crippen LogP contribution in [0.1, 0.15) is 36.3 Å². The molecule has 1 aliphatic rings. The molecule has 1 saturated carbocycles. The van der Waals surface area contributed by atoms with Gasteiger partial charge in [-0.1, -0.05) is 48.5 Å². The fraction of sp³-hybridized carbons (Fsp3) is 0.292. The first kappa shape index (κ1) is 17.7. The Morgan fingerprint density at radius 2 is 1.81 bits per heavy atom. The highest BCUT2D eigenvalue weighted by Gasteiger charge is 2.29. The number of hydrogen-bond donors (Lipinski definition) is 0. The first-order chi connectivity index (χ1) is 13.2. The smallest absolute Gasteiger partial charge is 0.161 e. The van der Waals surface area contributed by atoms with Crippen LogP contribution < -0.4 is 4.74 Å². The van der Waals surface area contributed by atoms with Gasteiger partial charge in [0.1, 0.15) is 18.5 Å². The maximum absolute atomic E-state index is 11.9. The summed E-state index contributed by atoms with van der Waals surface area (Å²) < 4.78 is 11.4. The van der Waals surface area contributed by atoms with Crippen molar-refractivity contribution in [3.8, 4) is 5.75 Å². The second kappa shape index (κ2) is 7.93. The van der Waals surface area contributed by atoms with Crippen molar-refractivity contribution in [3.05, 3.63) is 77.9 Å². The predicted molar refractivity (Wildman–Crippen MR) is 107 cm³/mol. The predicted octanol–water partition coefficient (Wildman–Crippen LogP) is 5.27. The van der Waals surface area contributed by atoms with Gasteiger partial charge in [-0.15, -0.1) is 0 Å². The third-order valence-electron chi connectivity index (χ3n) is 5.43. The van der Waals surface area contributed by atoms with Gasteiger partial charge in [-0.2, -0.15) is 0 Å². The molecule has 0 amide bonds. The Morgan fingerprint density at radius 3 is 2.67 bits per heavy atom. The van der Waals surface area contributed by atoms with Gasteiger partial charge in [-0.05, 0) is 58.9 Å². The highest BCUT2D eigenvalue weighted by atomic mass is 16.5. The van der Waals surface area contributed by atoms with Gasteiger partial charge in [0, 0.05) is 13.5 Å². The fourth-order valence-electron chi connectivity index (χ4n) is 3.87. The molecule has 0 heterocycles. The zero-order valence-electron chi connectivity index (χ0n) is 15.6. The van der Waals surface area contributed by atoms with E-state index in [1.807, 2.05) is 12.1 Å². The number of methoxy groups -OCH3 is 1. The maximum atomic E-state index is 11.9. The maximum Gasteiger partial charge on any atom is 0.161 e. The summed E-state index contributed by atoms with van der Waals surface area (Å²) in [5.74, 6) is 1.43. The molecule has 0 bridgehead atoms. The van der Waals surface area contributed by atoms with Gasteiger partial charge in [-0.3, -0.25) is 4.79 Å². The fourth-order valence-corrected chi connectivity index (χ4v) is 3.87. The lowest BCUT2D eigenvalue weighted by Gasteiger charge is -2.27. The number of fused-ring (bicyclic) bond motifs is 1. The molecule has 2 atom stereocenters. The molecule has 0 aromatic heterocycles. The quantitative estimate of drug-likeness (QED) is 0.622. The largest absolute Gasteiger partial charge is 0.489 e. The van der Waals surface area contributed by atoms with Crippen molar-refractivity contribution in [2.24, 2.45) is 0 Å². The number of hydrogen-bond acceptors (Lipinski definition) is 3. The van der Waals surface area contributed by atoms with Crippen molar-refractivity contribution >= 4 is 16.6 Å². The van der Waals surface area contributed by atoms with Crippen molar-refractivity contribution in [1.29, 1.82) is 0 Å². The van der Waals surface area contributed by atoms with Crippen molar-refractivity contribution in [1.82, 2.24) is 0 Å². The summed E-state index contributed by atoms with van der Waals surface area (Å²) >= 11 is 0. The second-order valence-electron chi connectivity index (χ2n) is 7.20. The molecular weight excluding hydrogens is 336 g/mol. The van der Waals surface area contributed by atoms with Crippen LogP contribution >= 0.6 is 0 Å². The van der Waals surface area contributed by atoms with Gasteiger partial charge in [0.05, 0.1) is 0 Å². The molecule has 4 rings (SSSR count). The Bertz CT molecular complexity index is 947. The van der Waals surface area contributed by atoms with Crippen molar-refractivity contribution in [2.75, 3.05) is 7.11 Å². The van der Waals surface area contributed by atoms with Crippen LogP contribution in [0.15, 0.2) is 66.7 Å². The van der Waals surface area contributed by atoms with Crippen LogP contribution in [-0.4, -0.2) is 19.0 Å². The summed E-state index contributed by atoms with van der Waals surface area (Å²) in [6.45, 7) is 0.540. The molecule has 0 radical (unpaired) electrons. The SMILES string of the molecule is COC1CC(c2cccc(OCc3ccc4ccccc4c3)c2)CCC1=O. The normalized spacial score (nSPS) is 20.0. The first-order valence-corrected chi connectivity index (χ1v) is 9.49. The first-order valence-electron chi connectivity index (χ1n) is 9.49. The summed E-state index contributed by atoms with van der Waals surface area (Å²) in [6, 6.07) is 23.0. The third kappa shape index (κ3) is 4.04. The van der Waals surface area contributed by atoms with Gasteiger partial charge in [0.2, 0.25) is 0 Å². The Labute approximate surface area is 159 Å². The van der Waals surface area contributed by atoms with E-state index in [1.54, 1.807) is 7.11 Å². The number of benzene rings is 3. The number of ether oxygens (including phenoxy) is 2. The van der Waals surface area contributed by atoms with Crippen LogP contribution in [0.3, 0.4) is 0 Å². The lowest BCUT2D eigenvalue weighted by Crippen LogP contribution is -2.30. The molecule has 138 valence electrons. The topological polar surface area (TPSA) is 35.5 Å². The van der Waals surface area contributed by atoms with Crippen LogP contribution in [0, 0.1) is 0 Å². The zero-order chi connectivity index (χ0) is 18.6. The molecule has 3 aromatic rings. The minimum Gasteiger partial charge on any atom is -0.489 e. The van der Waals surface area contributed by atoms with Gasteiger partial charge in [0.15, 0.2) is 5.78 Å². The van der Waals surface area contributed by atoms with Gasteiger partial charge in [0.25, 0.3) is 0 Å². The Balaban J connectivity index is 1.45. The standard InChI is InChI=1S/C24H24O3/c1-26-24-15-21(11-12-23(24)25)20-7-4-8-22(14-20)27-16-17-9-10-18-5-2-3-6-19(18)13-17/h2-10,13-14,21,24H,11-12,15-16H2,1H3. The van der Waals surface area contributed by atoms with E-state index in [-0.39, 0.29) is 11.9 Å². The van der Waals surface area contributed by atoms with Gasteiger partial charge in [-0.25, -0.2) is 0 Å². The zero-order valence-corrected chi connectivity index (χ0v) is 15.6. The number of carbonyl (C=O) groups is 1. The van der Waals surface area contributed by atoms with Crippen molar-refractivity contribution < 1.29 is 14.3 Å². The van der Waals surface area contributed by atoms with Crippen molar-refractivity contribution in [3.63, 3.8) is 0 Å². The molecule has 0 saturated heterocycles. The molecule has 3 aromatic carbocycles. The lowest BCUT2D eigenvalue weighted by molar-refractivity contribution is -0.131. The Morgan fingerprint density at radius 1 is 0.963 bits per heavy atom. The molecule has 0 aliphatic heterocycles. The monoisotopic (exact) mass is 360 g/mol. The summed E-state index contributed by atoms with van der Waals surface area (Å²) in [4.78, 5) is 11.9. The highest BCUT2D eigenvalue weighted by molar-refractivity contribution is 5.84. The van der Waals surface area contributed by atoms with E-state index >= 15 is 0 Å². The Hall–Kier alpha value is -2.65. The van der Waals surface area contributed by atoms with Crippen LogP contribution in [0.2, 0.25) is 0 Å². The number of rotatable bonds is 5. The van der Waals surface area contributed by atoms with Gasteiger partial charge < -0.3 is 9.47 Å². The van der Waals surface area contributed by atoms with E-state index in [4.69, 9.17) is 9.47 Å². The molecule has 1 fully saturated rings. The van der Waals surface area contributed by atoms with E-state index in [1.165, 1.54) is 16.3 Å². The molecule has 1 aliphatic carbocycles. The summed E-state index contributed by atoms with van der Waals surface area (Å²) in [6.07, 6.45) is 1.95. The molecule has 3 heteroatoms. The Kier molecular flexibility index (Phi) is 5.21. The minimum absolute atomic E-state index is 0.220. The van der Waals surface area contributed by atoms with Crippen LogP contribution in [-0.2, 0) is 16.1 Å².